The van der Waals surface area contributed by atoms with E-state index in [2.05, 4.69) is 15.9 Å². The van der Waals surface area contributed by atoms with Crippen molar-refractivity contribution in [1.82, 2.24) is 4.31 Å². The summed E-state index contributed by atoms with van der Waals surface area (Å²) in [6.07, 6.45) is 0.661. The molecule has 0 aliphatic carbocycles. The molecule has 21 heavy (non-hydrogen) atoms. The molecule has 1 aromatic carbocycles. The molecule has 0 bridgehead atoms. The number of hydrogen-bond acceptors (Lipinski definition) is 3. The van der Waals surface area contributed by atoms with Crippen LogP contribution in [0.5, 0.6) is 0 Å². The number of hydrogen-bond donors (Lipinski definition) is 1. The maximum Gasteiger partial charge on any atom is 0.309 e. The van der Waals surface area contributed by atoms with E-state index in [0.29, 0.717) is 12.8 Å². The molecule has 1 aliphatic rings. The minimum atomic E-state index is -3.56. The number of carboxylic acid groups (broad SMARTS) is 1. The van der Waals surface area contributed by atoms with Gasteiger partial charge in [-0.05, 0) is 50.5 Å². The van der Waals surface area contributed by atoms with Gasteiger partial charge in [0.25, 0.3) is 0 Å². The third-order valence-electron chi connectivity index (χ3n) is 4.11. The second-order valence-electron chi connectivity index (χ2n) is 5.68. The van der Waals surface area contributed by atoms with Crippen molar-refractivity contribution in [1.29, 1.82) is 0 Å². The molecule has 0 spiro atoms. The molecule has 1 fully saturated rings. The number of aryl methyl sites for hydroxylation is 1. The van der Waals surface area contributed by atoms with Crippen LogP contribution in [0.25, 0.3) is 0 Å². The molecule has 1 heterocycles. The van der Waals surface area contributed by atoms with Crippen LogP contribution in [0, 0.1) is 12.3 Å². The molecule has 1 N–H and O–H groups in total. The van der Waals surface area contributed by atoms with Crippen LogP contribution in [0.3, 0.4) is 0 Å². The normalized spacial score (nSPS) is 19.4. The van der Waals surface area contributed by atoms with E-state index in [0.717, 1.165) is 10.0 Å². The first-order valence-electron chi connectivity index (χ1n) is 6.66. The number of sulfonamides is 1. The lowest BCUT2D eigenvalue weighted by Crippen LogP contribution is -2.45. The van der Waals surface area contributed by atoms with Gasteiger partial charge in [-0.3, -0.25) is 4.79 Å². The van der Waals surface area contributed by atoms with Crippen LogP contribution in [0.2, 0.25) is 0 Å². The number of aliphatic carboxylic acids is 1. The Morgan fingerprint density at radius 1 is 1.33 bits per heavy atom. The van der Waals surface area contributed by atoms with Crippen LogP contribution in [0.4, 0.5) is 0 Å². The number of rotatable bonds is 3. The van der Waals surface area contributed by atoms with Crippen LogP contribution in [0.1, 0.15) is 25.3 Å². The van der Waals surface area contributed by atoms with Gasteiger partial charge in [0.2, 0.25) is 10.0 Å². The van der Waals surface area contributed by atoms with E-state index in [1.54, 1.807) is 25.1 Å². The maximum absolute atomic E-state index is 12.6. The van der Waals surface area contributed by atoms with Crippen molar-refractivity contribution in [2.75, 3.05) is 13.1 Å². The third kappa shape index (κ3) is 3.14. The topological polar surface area (TPSA) is 74.7 Å². The van der Waals surface area contributed by atoms with Crippen LogP contribution in [-0.4, -0.2) is 36.9 Å². The van der Waals surface area contributed by atoms with Crippen molar-refractivity contribution in [2.24, 2.45) is 5.41 Å². The van der Waals surface area contributed by atoms with Gasteiger partial charge >= 0.3 is 5.97 Å². The summed E-state index contributed by atoms with van der Waals surface area (Å²) in [5.41, 5.74) is 0.0187. The highest BCUT2D eigenvalue weighted by atomic mass is 79.9. The number of carboxylic acids is 1. The molecule has 0 saturated carbocycles. The molecule has 1 aliphatic heterocycles. The molecule has 0 aromatic heterocycles. The monoisotopic (exact) mass is 375 g/mol. The van der Waals surface area contributed by atoms with Gasteiger partial charge < -0.3 is 5.11 Å². The first-order chi connectivity index (χ1) is 9.67. The molecule has 0 amide bonds. The number of carbonyl (C=O) groups is 1. The quantitative estimate of drug-likeness (QED) is 0.880. The summed E-state index contributed by atoms with van der Waals surface area (Å²) >= 11 is 3.35. The number of piperidine rings is 1. The van der Waals surface area contributed by atoms with Gasteiger partial charge in [-0.25, -0.2) is 8.42 Å². The summed E-state index contributed by atoms with van der Waals surface area (Å²) in [5, 5.41) is 9.20. The highest BCUT2D eigenvalue weighted by Crippen LogP contribution is 2.33. The molecule has 0 unspecified atom stereocenters. The third-order valence-corrected chi connectivity index (χ3v) is 6.89. The zero-order chi connectivity index (χ0) is 15.8. The minimum Gasteiger partial charge on any atom is -0.481 e. The fourth-order valence-corrected chi connectivity index (χ4v) is 4.13. The SMILES string of the molecule is Cc1cc(S(=O)(=O)N2CCC(C)(C(=O)O)CC2)ccc1Br. The number of nitrogens with zero attached hydrogens (tertiary/aromatic N) is 1. The fourth-order valence-electron chi connectivity index (χ4n) is 2.36. The molecule has 116 valence electrons. The molecule has 0 radical (unpaired) electrons. The molecular formula is C14H18BrNO4S. The summed E-state index contributed by atoms with van der Waals surface area (Å²) in [6, 6.07) is 4.91. The van der Waals surface area contributed by atoms with Gasteiger partial charge in [0, 0.05) is 17.6 Å². The lowest BCUT2D eigenvalue weighted by molar-refractivity contribution is -0.150. The standard InChI is InChI=1S/C14H18BrNO4S/c1-10-9-11(3-4-12(10)15)21(19,20)16-7-5-14(2,6-8-16)13(17)18/h3-4,9H,5-8H2,1-2H3,(H,17,18). The van der Waals surface area contributed by atoms with Crippen LogP contribution in [-0.2, 0) is 14.8 Å². The lowest BCUT2D eigenvalue weighted by Gasteiger charge is -2.35. The van der Waals surface area contributed by atoms with E-state index < -0.39 is 21.4 Å². The highest BCUT2D eigenvalue weighted by molar-refractivity contribution is 9.10. The predicted molar refractivity (Wildman–Crippen MR) is 82.6 cm³/mol. The van der Waals surface area contributed by atoms with Gasteiger partial charge in [-0.15, -0.1) is 0 Å². The van der Waals surface area contributed by atoms with Gasteiger partial charge in [0.05, 0.1) is 10.3 Å². The van der Waals surface area contributed by atoms with Crippen LogP contribution < -0.4 is 0 Å². The lowest BCUT2D eigenvalue weighted by atomic mass is 9.81. The summed E-state index contributed by atoms with van der Waals surface area (Å²) in [7, 11) is -3.56. The predicted octanol–water partition coefficient (Wildman–Crippen LogP) is 2.63. The molecule has 2 rings (SSSR count). The minimum absolute atomic E-state index is 0.236. The van der Waals surface area contributed by atoms with Gasteiger partial charge in [-0.1, -0.05) is 15.9 Å². The summed E-state index contributed by atoms with van der Waals surface area (Å²) < 4.78 is 27.4. The molecule has 5 nitrogen and oxygen atoms in total. The largest absolute Gasteiger partial charge is 0.481 e. The van der Waals surface area contributed by atoms with Crippen LogP contribution in [0.15, 0.2) is 27.6 Å². The Hall–Kier alpha value is -0.920. The Morgan fingerprint density at radius 3 is 2.38 bits per heavy atom. The Balaban J connectivity index is 2.22. The Kier molecular flexibility index (Phi) is 4.46. The van der Waals surface area contributed by atoms with Crippen molar-refractivity contribution < 1.29 is 18.3 Å². The van der Waals surface area contributed by atoms with Gasteiger partial charge in [0.15, 0.2) is 0 Å². The maximum atomic E-state index is 12.6. The van der Waals surface area contributed by atoms with Gasteiger partial charge in [-0.2, -0.15) is 4.31 Å². The molecule has 1 saturated heterocycles. The smallest absolute Gasteiger partial charge is 0.309 e. The average Bonchev–Trinajstić information content (AvgIpc) is 2.42. The van der Waals surface area contributed by atoms with Crippen molar-refractivity contribution >= 4 is 31.9 Å². The van der Waals surface area contributed by atoms with E-state index in [1.807, 2.05) is 6.92 Å². The van der Waals surface area contributed by atoms with E-state index >= 15 is 0 Å². The van der Waals surface area contributed by atoms with E-state index in [-0.39, 0.29) is 18.0 Å². The van der Waals surface area contributed by atoms with E-state index in [1.165, 1.54) is 4.31 Å². The Bertz CT molecular complexity index is 664. The molecule has 0 atom stereocenters. The Labute approximate surface area is 133 Å². The summed E-state index contributed by atoms with van der Waals surface area (Å²) in [4.78, 5) is 11.5. The first-order valence-corrected chi connectivity index (χ1v) is 8.90. The first kappa shape index (κ1) is 16.5. The zero-order valence-electron chi connectivity index (χ0n) is 12.0. The highest BCUT2D eigenvalue weighted by Gasteiger charge is 2.40. The molecule has 7 heteroatoms. The van der Waals surface area contributed by atoms with Crippen LogP contribution >= 0.6 is 15.9 Å². The summed E-state index contributed by atoms with van der Waals surface area (Å²) in [6.45, 7) is 3.98. The van der Waals surface area contributed by atoms with E-state index in [4.69, 9.17) is 0 Å². The molecular weight excluding hydrogens is 358 g/mol. The van der Waals surface area contributed by atoms with Crippen molar-refractivity contribution in [2.45, 2.75) is 31.6 Å². The molecule has 1 aromatic rings. The Morgan fingerprint density at radius 2 is 1.90 bits per heavy atom. The summed E-state index contributed by atoms with van der Waals surface area (Å²) in [5.74, 6) is -0.862. The number of benzene rings is 1. The van der Waals surface area contributed by atoms with Crippen molar-refractivity contribution in [3.8, 4) is 0 Å². The fraction of sp³-hybridized carbons (Fsp3) is 0.500. The second-order valence-corrected chi connectivity index (χ2v) is 8.47. The van der Waals surface area contributed by atoms with Crippen molar-refractivity contribution in [3.63, 3.8) is 0 Å². The van der Waals surface area contributed by atoms with Crippen molar-refractivity contribution in [3.05, 3.63) is 28.2 Å². The number of halogens is 1. The average molecular weight is 376 g/mol. The zero-order valence-corrected chi connectivity index (χ0v) is 14.4. The second kappa shape index (κ2) is 5.70. The van der Waals surface area contributed by atoms with E-state index in [9.17, 15) is 18.3 Å². The van der Waals surface area contributed by atoms with Gasteiger partial charge in [0.1, 0.15) is 0 Å².